The molecule has 1 unspecified atom stereocenters. The van der Waals surface area contributed by atoms with Crippen molar-refractivity contribution in [2.24, 2.45) is 11.8 Å². The Balaban J connectivity index is 3.48. The van der Waals surface area contributed by atoms with E-state index in [0.29, 0.717) is 0 Å². The summed E-state index contributed by atoms with van der Waals surface area (Å²) in [4.78, 5) is 0. The fourth-order valence-electron chi connectivity index (χ4n) is 2.09. The fourth-order valence-corrected chi connectivity index (χ4v) is 2.09. The summed E-state index contributed by atoms with van der Waals surface area (Å²) in [7, 11) is 0. The molecule has 0 aromatic rings. The normalized spacial score (nSPS) is 13.5. The lowest BCUT2D eigenvalue weighted by atomic mass is 9.90. The summed E-state index contributed by atoms with van der Waals surface area (Å²) in [6.45, 7) is 9.24. The van der Waals surface area contributed by atoms with Crippen LogP contribution in [0, 0.1) is 18.3 Å². The monoisotopic (exact) mass is 197 g/mol. The van der Waals surface area contributed by atoms with Crippen molar-refractivity contribution >= 4 is 0 Å². The van der Waals surface area contributed by atoms with Crippen LogP contribution in [0.2, 0.25) is 0 Å². The van der Waals surface area contributed by atoms with Crippen LogP contribution >= 0.6 is 0 Å². The first-order valence-electron chi connectivity index (χ1n) is 6.59. The molecule has 0 rings (SSSR count). The first kappa shape index (κ1) is 14.0. The maximum Gasteiger partial charge on any atom is -0.0380 e. The largest absolute Gasteiger partial charge is 0.0654 e. The molecule has 1 atom stereocenters. The summed E-state index contributed by atoms with van der Waals surface area (Å²) in [5.74, 6) is 1.89. The van der Waals surface area contributed by atoms with Crippen LogP contribution in [0.3, 0.4) is 0 Å². The number of rotatable bonds is 9. The van der Waals surface area contributed by atoms with E-state index in [1.165, 1.54) is 44.9 Å². The zero-order chi connectivity index (χ0) is 10.8. The van der Waals surface area contributed by atoms with Crippen LogP contribution in [-0.4, -0.2) is 0 Å². The summed E-state index contributed by atoms with van der Waals surface area (Å²) in [6.07, 6.45) is 12.0. The minimum atomic E-state index is 0.939. The third kappa shape index (κ3) is 6.45. The van der Waals surface area contributed by atoms with Gasteiger partial charge in [-0.1, -0.05) is 59.8 Å². The van der Waals surface area contributed by atoms with Crippen molar-refractivity contribution in [1.82, 2.24) is 0 Å². The molecular formula is C14H29. The second-order valence-corrected chi connectivity index (χ2v) is 4.51. The van der Waals surface area contributed by atoms with Crippen molar-refractivity contribution in [1.29, 1.82) is 0 Å². The Kier molecular flexibility index (Phi) is 9.55. The van der Waals surface area contributed by atoms with Crippen molar-refractivity contribution in [2.45, 2.75) is 72.6 Å². The van der Waals surface area contributed by atoms with Gasteiger partial charge < -0.3 is 0 Å². The van der Waals surface area contributed by atoms with E-state index in [-0.39, 0.29) is 0 Å². The molecule has 0 saturated carbocycles. The molecule has 0 nitrogen and oxygen atoms in total. The average Bonchev–Trinajstić information content (AvgIpc) is 2.23. The van der Waals surface area contributed by atoms with Gasteiger partial charge in [0.2, 0.25) is 0 Å². The quantitative estimate of drug-likeness (QED) is 0.474. The van der Waals surface area contributed by atoms with Gasteiger partial charge in [0.1, 0.15) is 0 Å². The molecular weight excluding hydrogens is 168 g/mol. The van der Waals surface area contributed by atoms with Crippen LogP contribution in [0.4, 0.5) is 0 Å². The van der Waals surface area contributed by atoms with Crippen LogP contribution in [0.25, 0.3) is 0 Å². The maximum atomic E-state index is 2.54. The second-order valence-electron chi connectivity index (χ2n) is 4.51. The summed E-state index contributed by atoms with van der Waals surface area (Å²) >= 11 is 0. The molecule has 0 fully saturated rings. The minimum absolute atomic E-state index is 0.939. The van der Waals surface area contributed by atoms with Crippen molar-refractivity contribution in [3.8, 4) is 0 Å². The van der Waals surface area contributed by atoms with Crippen molar-refractivity contribution < 1.29 is 0 Å². The van der Waals surface area contributed by atoms with Gasteiger partial charge in [-0.25, -0.2) is 0 Å². The molecule has 0 aromatic carbocycles. The second kappa shape index (κ2) is 9.55. The highest BCUT2D eigenvalue weighted by atomic mass is 14.1. The fraction of sp³-hybridized carbons (Fsp3) is 0.929. The van der Waals surface area contributed by atoms with Gasteiger partial charge in [0, 0.05) is 0 Å². The van der Waals surface area contributed by atoms with Crippen LogP contribution in [0.1, 0.15) is 72.6 Å². The molecule has 0 spiro atoms. The highest BCUT2D eigenvalue weighted by Crippen LogP contribution is 2.21. The molecule has 0 aliphatic heterocycles. The van der Waals surface area contributed by atoms with Gasteiger partial charge in [-0.2, -0.15) is 0 Å². The lowest BCUT2D eigenvalue weighted by molar-refractivity contribution is 0.422. The first-order chi connectivity index (χ1) is 6.78. The Morgan fingerprint density at radius 2 is 1.29 bits per heavy atom. The topological polar surface area (TPSA) is 0 Å². The summed E-state index contributed by atoms with van der Waals surface area (Å²) < 4.78 is 0. The number of hydrogen-bond acceptors (Lipinski definition) is 0. The van der Waals surface area contributed by atoms with Gasteiger partial charge in [-0.05, 0) is 31.1 Å². The molecule has 1 radical (unpaired) electrons. The summed E-state index contributed by atoms with van der Waals surface area (Å²) in [5.41, 5.74) is 0. The van der Waals surface area contributed by atoms with E-state index in [9.17, 15) is 0 Å². The van der Waals surface area contributed by atoms with Gasteiger partial charge in [0.05, 0.1) is 0 Å². The van der Waals surface area contributed by atoms with Crippen molar-refractivity contribution in [3.05, 3.63) is 6.42 Å². The van der Waals surface area contributed by atoms with E-state index in [1.54, 1.807) is 0 Å². The molecule has 0 heterocycles. The van der Waals surface area contributed by atoms with Crippen molar-refractivity contribution in [2.75, 3.05) is 0 Å². The van der Waals surface area contributed by atoms with E-state index in [1.807, 2.05) is 0 Å². The van der Waals surface area contributed by atoms with E-state index in [2.05, 4.69) is 34.1 Å². The Bertz CT molecular complexity index is 103. The van der Waals surface area contributed by atoms with E-state index >= 15 is 0 Å². The Hall–Kier alpha value is 0. The SMILES string of the molecule is CCCC(CC)C[CH]CC(CC)CC. The molecule has 0 aliphatic rings. The maximum absolute atomic E-state index is 2.54. The predicted molar refractivity (Wildman–Crippen MR) is 66.3 cm³/mol. The third-order valence-corrected chi connectivity index (χ3v) is 3.43. The van der Waals surface area contributed by atoms with E-state index in [0.717, 1.165) is 11.8 Å². The van der Waals surface area contributed by atoms with E-state index < -0.39 is 0 Å². The van der Waals surface area contributed by atoms with Gasteiger partial charge >= 0.3 is 0 Å². The molecule has 0 bridgehead atoms. The molecule has 14 heavy (non-hydrogen) atoms. The lowest BCUT2D eigenvalue weighted by Gasteiger charge is -2.16. The molecule has 0 aliphatic carbocycles. The predicted octanol–water partition coefficient (Wildman–Crippen LogP) is 5.23. The molecule has 0 amide bonds. The Morgan fingerprint density at radius 1 is 0.786 bits per heavy atom. The average molecular weight is 197 g/mol. The molecule has 0 heteroatoms. The zero-order valence-electron chi connectivity index (χ0n) is 10.7. The molecule has 0 saturated heterocycles. The molecule has 0 aromatic heterocycles. The van der Waals surface area contributed by atoms with Gasteiger partial charge in [-0.3, -0.25) is 0 Å². The van der Waals surface area contributed by atoms with E-state index in [4.69, 9.17) is 0 Å². The molecule has 85 valence electrons. The van der Waals surface area contributed by atoms with Crippen molar-refractivity contribution in [3.63, 3.8) is 0 Å². The van der Waals surface area contributed by atoms with Gasteiger partial charge in [0.15, 0.2) is 0 Å². The van der Waals surface area contributed by atoms with Crippen LogP contribution in [0.5, 0.6) is 0 Å². The Morgan fingerprint density at radius 3 is 1.71 bits per heavy atom. The van der Waals surface area contributed by atoms with Gasteiger partial charge in [0.25, 0.3) is 0 Å². The smallest absolute Gasteiger partial charge is 0.0380 e. The highest BCUT2D eigenvalue weighted by Gasteiger charge is 2.07. The standard InChI is InChI=1S/C14H29/c1-5-10-14(8-4)12-9-11-13(6-2)7-3/h9,13-14H,5-8,10-12H2,1-4H3. The van der Waals surface area contributed by atoms with Crippen LogP contribution < -0.4 is 0 Å². The third-order valence-electron chi connectivity index (χ3n) is 3.43. The lowest BCUT2D eigenvalue weighted by Crippen LogP contribution is -2.02. The van der Waals surface area contributed by atoms with Crippen LogP contribution in [-0.2, 0) is 0 Å². The zero-order valence-corrected chi connectivity index (χ0v) is 10.7. The highest BCUT2D eigenvalue weighted by molar-refractivity contribution is 4.73. The Labute approximate surface area is 91.5 Å². The summed E-state index contributed by atoms with van der Waals surface area (Å²) in [6, 6.07) is 0. The number of hydrogen-bond donors (Lipinski definition) is 0. The summed E-state index contributed by atoms with van der Waals surface area (Å²) in [5, 5.41) is 0. The minimum Gasteiger partial charge on any atom is -0.0654 e. The van der Waals surface area contributed by atoms with Crippen LogP contribution in [0.15, 0.2) is 0 Å². The first-order valence-corrected chi connectivity index (χ1v) is 6.59. The molecule has 0 N–H and O–H groups in total. The van der Waals surface area contributed by atoms with Gasteiger partial charge in [-0.15, -0.1) is 0 Å².